The van der Waals surface area contributed by atoms with Crippen molar-refractivity contribution in [3.63, 3.8) is 0 Å². The van der Waals surface area contributed by atoms with Crippen LogP contribution in [0.5, 0.6) is 0 Å². The molecule has 0 radical (unpaired) electrons. The second-order valence-corrected chi connectivity index (χ2v) is 4.53. The van der Waals surface area contributed by atoms with Crippen LogP contribution in [-0.2, 0) is 4.74 Å². The summed E-state index contributed by atoms with van der Waals surface area (Å²) < 4.78 is 5.00. The highest BCUT2D eigenvalue weighted by atomic mass is 16.6. The van der Waals surface area contributed by atoms with Crippen LogP contribution in [0.2, 0.25) is 0 Å². The van der Waals surface area contributed by atoms with Gasteiger partial charge in [0.05, 0.1) is 22.0 Å². The van der Waals surface area contributed by atoms with E-state index in [1.165, 1.54) is 36.4 Å². The van der Waals surface area contributed by atoms with Gasteiger partial charge in [-0.15, -0.1) is 0 Å². The van der Waals surface area contributed by atoms with E-state index in [-0.39, 0.29) is 30.1 Å². The second kappa shape index (κ2) is 7.63. The van der Waals surface area contributed by atoms with E-state index in [2.05, 4.69) is 10.3 Å². The molecule has 1 N–H and O–H groups in total. The van der Waals surface area contributed by atoms with Crippen LogP contribution in [0.25, 0.3) is 0 Å². The van der Waals surface area contributed by atoms with Crippen molar-refractivity contribution in [2.45, 2.75) is 0 Å². The van der Waals surface area contributed by atoms with Crippen LogP contribution in [0.4, 0.5) is 17.2 Å². The third kappa shape index (κ3) is 4.47. The maximum absolute atomic E-state index is 11.7. The number of anilines is 1. The Hall–Kier alpha value is -3.56. The topological polar surface area (TPSA) is 138 Å². The van der Waals surface area contributed by atoms with Crippen molar-refractivity contribution in [3.05, 3.63) is 68.4 Å². The highest BCUT2D eigenvalue weighted by Gasteiger charge is 2.10. The standard InChI is InChI=1S/C14H12N4O6/c19-14(10-1-3-11(4-2-10)17(20)21)24-8-7-15-13-6-5-12(9-16-13)18(22)23/h1-6,9H,7-8H2,(H,15,16). The molecular formula is C14H12N4O6. The van der Waals surface area contributed by atoms with Gasteiger partial charge in [-0.3, -0.25) is 20.2 Å². The van der Waals surface area contributed by atoms with Gasteiger partial charge in [0.25, 0.3) is 11.4 Å². The Morgan fingerprint density at radius 1 is 1.04 bits per heavy atom. The lowest BCUT2D eigenvalue weighted by atomic mass is 10.2. The maximum Gasteiger partial charge on any atom is 0.338 e. The molecule has 0 saturated carbocycles. The number of nitro benzene ring substituents is 1. The van der Waals surface area contributed by atoms with E-state index >= 15 is 0 Å². The number of carbonyl (C=O) groups is 1. The summed E-state index contributed by atoms with van der Waals surface area (Å²) in [5.41, 5.74) is -0.0309. The molecular weight excluding hydrogens is 320 g/mol. The van der Waals surface area contributed by atoms with E-state index in [0.717, 1.165) is 6.20 Å². The van der Waals surface area contributed by atoms with Crippen molar-refractivity contribution >= 4 is 23.2 Å². The van der Waals surface area contributed by atoms with E-state index in [0.29, 0.717) is 5.82 Å². The zero-order valence-corrected chi connectivity index (χ0v) is 12.2. The molecule has 0 fully saturated rings. The molecule has 0 aliphatic heterocycles. The highest BCUT2D eigenvalue weighted by Crippen LogP contribution is 2.13. The normalized spacial score (nSPS) is 10.0. The number of pyridine rings is 1. The second-order valence-electron chi connectivity index (χ2n) is 4.53. The molecule has 1 heterocycles. The zero-order valence-electron chi connectivity index (χ0n) is 12.2. The third-order valence-electron chi connectivity index (χ3n) is 2.91. The number of hydrogen-bond acceptors (Lipinski definition) is 8. The van der Waals surface area contributed by atoms with E-state index < -0.39 is 15.8 Å². The first-order chi connectivity index (χ1) is 11.5. The molecule has 2 aromatic rings. The minimum absolute atomic E-state index is 0.0362. The Balaban J connectivity index is 1.78. The number of esters is 1. The lowest BCUT2D eigenvalue weighted by molar-refractivity contribution is -0.385. The monoisotopic (exact) mass is 332 g/mol. The Labute approximate surface area is 135 Å². The number of nitro groups is 2. The first-order valence-corrected chi connectivity index (χ1v) is 6.73. The molecule has 124 valence electrons. The van der Waals surface area contributed by atoms with Gasteiger partial charge in [0.2, 0.25) is 0 Å². The highest BCUT2D eigenvalue weighted by molar-refractivity contribution is 5.89. The van der Waals surface area contributed by atoms with Gasteiger partial charge in [-0.1, -0.05) is 0 Å². The molecule has 2 rings (SSSR count). The summed E-state index contributed by atoms with van der Waals surface area (Å²) in [5.74, 6) is -0.199. The van der Waals surface area contributed by atoms with Gasteiger partial charge in [-0.2, -0.15) is 0 Å². The molecule has 1 aromatic carbocycles. The van der Waals surface area contributed by atoms with Crippen molar-refractivity contribution in [2.24, 2.45) is 0 Å². The molecule has 10 heteroatoms. The van der Waals surface area contributed by atoms with Gasteiger partial charge in [0.15, 0.2) is 0 Å². The summed E-state index contributed by atoms with van der Waals surface area (Å²) >= 11 is 0. The van der Waals surface area contributed by atoms with E-state index in [9.17, 15) is 25.0 Å². The largest absolute Gasteiger partial charge is 0.460 e. The van der Waals surface area contributed by atoms with Crippen LogP contribution in [-0.4, -0.2) is 34.0 Å². The number of rotatable bonds is 7. The lowest BCUT2D eigenvalue weighted by Crippen LogP contribution is -2.14. The molecule has 0 spiro atoms. The first kappa shape index (κ1) is 16.8. The first-order valence-electron chi connectivity index (χ1n) is 6.73. The zero-order chi connectivity index (χ0) is 17.5. The number of hydrogen-bond donors (Lipinski definition) is 1. The van der Waals surface area contributed by atoms with Gasteiger partial charge in [-0.25, -0.2) is 9.78 Å². The molecule has 0 bridgehead atoms. The molecule has 0 aliphatic carbocycles. The fourth-order valence-corrected chi connectivity index (χ4v) is 1.72. The Kier molecular flexibility index (Phi) is 5.34. The van der Waals surface area contributed by atoms with Gasteiger partial charge in [0, 0.05) is 18.2 Å². The predicted octanol–water partition coefficient (Wildman–Crippen LogP) is 2.17. The van der Waals surface area contributed by atoms with Crippen molar-refractivity contribution in [3.8, 4) is 0 Å². The Bertz CT molecular complexity index is 745. The molecule has 0 unspecified atom stereocenters. The van der Waals surface area contributed by atoms with E-state index in [4.69, 9.17) is 4.74 Å². The van der Waals surface area contributed by atoms with Gasteiger partial charge < -0.3 is 10.1 Å². The number of carbonyl (C=O) groups excluding carboxylic acids is 1. The molecule has 0 amide bonds. The SMILES string of the molecule is O=C(OCCNc1ccc([N+](=O)[O-])cn1)c1ccc([N+](=O)[O-])cc1. The van der Waals surface area contributed by atoms with Crippen LogP contribution in [0.1, 0.15) is 10.4 Å². The smallest absolute Gasteiger partial charge is 0.338 e. The summed E-state index contributed by atoms with van der Waals surface area (Å²) in [6, 6.07) is 7.80. The molecule has 24 heavy (non-hydrogen) atoms. The maximum atomic E-state index is 11.7. The quantitative estimate of drug-likeness (QED) is 0.352. The fraction of sp³-hybridized carbons (Fsp3) is 0.143. The van der Waals surface area contributed by atoms with Crippen LogP contribution in [0.3, 0.4) is 0 Å². The van der Waals surface area contributed by atoms with Crippen LogP contribution in [0.15, 0.2) is 42.6 Å². The lowest BCUT2D eigenvalue weighted by Gasteiger charge is -2.07. The fourth-order valence-electron chi connectivity index (χ4n) is 1.72. The number of nitrogens with one attached hydrogen (secondary N) is 1. The molecule has 0 atom stereocenters. The number of aromatic nitrogens is 1. The number of non-ortho nitro benzene ring substituents is 1. The summed E-state index contributed by atoms with van der Waals surface area (Å²) in [5, 5.41) is 23.9. The van der Waals surface area contributed by atoms with Crippen molar-refractivity contribution in [1.82, 2.24) is 4.98 Å². The average Bonchev–Trinajstić information content (AvgIpc) is 2.59. The number of benzene rings is 1. The number of ether oxygens (including phenoxy) is 1. The Morgan fingerprint density at radius 3 is 2.21 bits per heavy atom. The summed E-state index contributed by atoms with van der Waals surface area (Å²) in [6.07, 6.45) is 1.12. The summed E-state index contributed by atoms with van der Waals surface area (Å²) in [4.78, 5) is 35.5. The average molecular weight is 332 g/mol. The van der Waals surface area contributed by atoms with Crippen molar-refractivity contribution < 1.29 is 19.4 Å². The van der Waals surface area contributed by atoms with Crippen LogP contribution < -0.4 is 5.32 Å². The molecule has 0 saturated heterocycles. The number of nitrogens with zero attached hydrogens (tertiary/aromatic N) is 3. The van der Waals surface area contributed by atoms with Crippen molar-refractivity contribution in [2.75, 3.05) is 18.5 Å². The molecule has 10 nitrogen and oxygen atoms in total. The minimum atomic E-state index is -0.608. The van der Waals surface area contributed by atoms with E-state index in [1.54, 1.807) is 0 Å². The van der Waals surface area contributed by atoms with Crippen molar-refractivity contribution in [1.29, 1.82) is 0 Å². The summed E-state index contributed by atoms with van der Waals surface area (Å²) in [6.45, 7) is 0.290. The molecule has 0 aliphatic rings. The van der Waals surface area contributed by atoms with Crippen LogP contribution >= 0.6 is 0 Å². The van der Waals surface area contributed by atoms with E-state index in [1.807, 2.05) is 0 Å². The van der Waals surface area contributed by atoms with Gasteiger partial charge in [-0.05, 0) is 18.2 Å². The summed E-state index contributed by atoms with van der Waals surface area (Å²) in [7, 11) is 0. The Morgan fingerprint density at radius 2 is 1.67 bits per heavy atom. The van der Waals surface area contributed by atoms with Gasteiger partial charge in [0.1, 0.15) is 18.6 Å². The minimum Gasteiger partial charge on any atom is -0.460 e. The molecule has 1 aromatic heterocycles. The third-order valence-corrected chi connectivity index (χ3v) is 2.91. The van der Waals surface area contributed by atoms with Crippen LogP contribution in [0, 0.1) is 20.2 Å². The van der Waals surface area contributed by atoms with Gasteiger partial charge >= 0.3 is 5.97 Å². The predicted molar refractivity (Wildman–Crippen MR) is 82.8 cm³/mol.